The summed E-state index contributed by atoms with van der Waals surface area (Å²) in [5.74, 6) is 0. The molecule has 0 N–H and O–H groups in total. The Labute approximate surface area is 132 Å². The van der Waals surface area contributed by atoms with Gasteiger partial charge < -0.3 is 0 Å². The lowest BCUT2D eigenvalue weighted by atomic mass is 10.2. The van der Waals surface area contributed by atoms with Crippen molar-refractivity contribution in [3.8, 4) is 11.4 Å². The molecule has 4 aromatic heterocycles. The van der Waals surface area contributed by atoms with Crippen molar-refractivity contribution in [3.05, 3.63) is 64.0 Å². The van der Waals surface area contributed by atoms with E-state index in [4.69, 9.17) is 0 Å². The summed E-state index contributed by atoms with van der Waals surface area (Å²) in [4.78, 5) is 21.3. The average molecular weight is 305 g/mol. The normalized spacial score (nSPS) is 11.4. The van der Waals surface area contributed by atoms with Gasteiger partial charge in [0.25, 0.3) is 5.56 Å². The third-order valence-corrected chi connectivity index (χ3v) is 3.83. The van der Waals surface area contributed by atoms with E-state index in [0.717, 1.165) is 22.5 Å². The van der Waals surface area contributed by atoms with Gasteiger partial charge in [0, 0.05) is 12.3 Å². The van der Waals surface area contributed by atoms with Gasteiger partial charge in [0.2, 0.25) is 0 Å². The Morgan fingerprint density at radius 1 is 0.957 bits per heavy atom. The van der Waals surface area contributed by atoms with Crippen molar-refractivity contribution in [3.63, 3.8) is 0 Å². The maximum atomic E-state index is 12.3. The summed E-state index contributed by atoms with van der Waals surface area (Å²) in [6.45, 7) is 5.82. The van der Waals surface area contributed by atoms with Gasteiger partial charge in [-0.3, -0.25) is 14.2 Å². The molecule has 6 heteroatoms. The standard InChI is InChI=1S/C17H15N5O/c1-10-4-5-16-19-13(7-17(23)21(16)8-10)14-6-15-12(3)18-11(2)9-22(15)20-14/h4-9H,1-3H3. The van der Waals surface area contributed by atoms with Crippen molar-refractivity contribution < 1.29 is 0 Å². The second kappa shape index (κ2) is 4.74. The van der Waals surface area contributed by atoms with Gasteiger partial charge in [-0.25, -0.2) is 9.50 Å². The molecular formula is C17H15N5O. The smallest absolute Gasteiger partial charge is 0.258 e. The van der Waals surface area contributed by atoms with Gasteiger partial charge in [0.15, 0.2) is 0 Å². The highest BCUT2D eigenvalue weighted by Gasteiger charge is 2.11. The molecule has 0 amide bonds. The number of pyridine rings is 1. The maximum Gasteiger partial charge on any atom is 0.258 e. The summed E-state index contributed by atoms with van der Waals surface area (Å²) in [5.41, 5.74) is 5.46. The second-order valence-corrected chi connectivity index (χ2v) is 5.74. The molecule has 0 atom stereocenters. The van der Waals surface area contributed by atoms with E-state index in [2.05, 4.69) is 15.1 Å². The van der Waals surface area contributed by atoms with Crippen LogP contribution in [-0.2, 0) is 0 Å². The molecule has 0 unspecified atom stereocenters. The molecular weight excluding hydrogens is 290 g/mol. The van der Waals surface area contributed by atoms with Crippen molar-refractivity contribution in [1.29, 1.82) is 0 Å². The quantitative estimate of drug-likeness (QED) is 0.541. The number of fused-ring (bicyclic) bond motifs is 2. The van der Waals surface area contributed by atoms with Crippen LogP contribution < -0.4 is 5.56 Å². The first-order valence-electron chi connectivity index (χ1n) is 7.35. The molecule has 0 aliphatic carbocycles. The molecule has 0 fully saturated rings. The minimum absolute atomic E-state index is 0.114. The van der Waals surface area contributed by atoms with Gasteiger partial charge in [-0.1, -0.05) is 6.07 Å². The van der Waals surface area contributed by atoms with E-state index in [1.165, 1.54) is 6.07 Å². The minimum Gasteiger partial charge on any atom is -0.269 e. The maximum absolute atomic E-state index is 12.3. The highest BCUT2D eigenvalue weighted by molar-refractivity contribution is 5.66. The molecule has 0 bridgehead atoms. The molecule has 0 saturated carbocycles. The third kappa shape index (κ3) is 2.19. The van der Waals surface area contributed by atoms with Crippen molar-refractivity contribution in [2.75, 3.05) is 0 Å². The van der Waals surface area contributed by atoms with Crippen molar-refractivity contribution in [2.24, 2.45) is 0 Å². The van der Waals surface area contributed by atoms with Crippen LogP contribution in [0.3, 0.4) is 0 Å². The molecule has 0 aromatic carbocycles. The topological polar surface area (TPSA) is 64.6 Å². The van der Waals surface area contributed by atoms with E-state index in [-0.39, 0.29) is 5.56 Å². The fourth-order valence-corrected chi connectivity index (χ4v) is 2.76. The van der Waals surface area contributed by atoms with E-state index < -0.39 is 0 Å². The van der Waals surface area contributed by atoms with Crippen LogP contribution in [0.5, 0.6) is 0 Å². The van der Waals surface area contributed by atoms with Crippen LogP contribution in [0.15, 0.2) is 41.5 Å². The van der Waals surface area contributed by atoms with Crippen LogP contribution in [0.4, 0.5) is 0 Å². The van der Waals surface area contributed by atoms with E-state index in [0.29, 0.717) is 17.0 Å². The van der Waals surface area contributed by atoms with E-state index in [9.17, 15) is 4.79 Å². The summed E-state index contributed by atoms with van der Waals surface area (Å²) in [6, 6.07) is 7.21. The molecule has 0 radical (unpaired) electrons. The zero-order chi connectivity index (χ0) is 16.1. The fourth-order valence-electron chi connectivity index (χ4n) is 2.76. The number of rotatable bonds is 1. The van der Waals surface area contributed by atoms with Crippen molar-refractivity contribution >= 4 is 11.2 Å². The molecule has 6 nitrogen and oxygen atoms in total. The van der Waals surface area contributed by atoms with Gasteiger partial charge in [-0.2, -0.15) is 5.10 Å². The molecule has 0 saturated heterocycles. The molecule has 4 rings (SSSR count). The monoisotopic (exact) mass is 305 g/mol. The first kappa shape index (κ1) is 13.6. The number of nitrogens with zero attached hydrogens (tertiary/aromatic N) is 5. The molecule has 0 spiro atoms. The Morgan fingerprint density at radius 2 is 1.78 bits per heavy atom. The number of hydrogen-bond donors (Lipinski definition) is 0. The van der Waals surface area contributed by atoms with Gasteiger partial charge in [0.05, 0.1) is 28.8 Å². The highest BCUT2D eigenvalue weighted by atomic mass is 16.1. The summed E-state index contributed by atoms with van der Waals surface area (Å²) < 4.78 is 3.33. The highest BCUT2D eigenvalue weighted by Crippen LogP contribution is 2.19. The van der Waals surface area contributed by atoms with Crippen LogP contribution in [-0.4, -0.2) is 24.0 Å². The summed E-state index contributed by atoms with van der Waals surface area (Å²) in [6.07, 6.45) is 3.65. The van der Waals surface area contributed by atoms with Crippen molar-refractivity contribution in [1.82, 2.24) is 24.0 Å². The number of hydrogen-bond acceptors (Lipinski definition) is 4. The van der Waals surface area contributed by atoms with Gasteiger partial charge in [-0.15, -0.1) is 0 Å². The largest absolute Gasteiger partial charge is 0.269 e. The zero-order valence-corrected chi connectivity index (χ0v) is 13.1. The molecule has 114 valence electrons. The third-order valence-electron chi connectivity index (χ3n) is 3.83. The SMILES string of the molecule is Cc1ccc2nc(-c3cc4c(C)nc(C)cn4n3)cc(=O)n2c1. The van der Waals surface area contributed by atoms with Gasteiger partial charge >= 0.3 is 0 Å². The average Bonchev–Trinajstić information content (AvgIpc) is 2.92. The van der Waals surface area contributed by atoms with Crippen LogP contribution in [0, 0.1) is 20.8 Å². The molecule has 0 aliphatic rings. The van der Waals surface area contributed by atoms with E-state index in [1.807, 2.05) is 45.2 Å². The molecule has 4 heterocycles. The Morgan fingerprint density at radius 3 is 2.61 bits per heavy atom. The van der Waals surface area contributed by atoms with Gasteiger partial charge in [0.1, 0.15) is 11.3 Å². The lowest BCUT2D eigenvalue weighted by molar-refractivity contribution is 0.914. The first-order valence-corrected chi connectivity index (χ1v) is 7.35. The van der Waals surface area contributed by atoms with Crippen LogP contribution >= 0.6 is 0 Å². The Kier molecular flexibility index (Phi) is 2.81. The fraction of sp³-hybridized carbons (Fsp3) is 0.176. The van der Waals surface area contributed by atoms with E-state index in [1.54, 1.807) is 15.1 Å². The van der Waals surface area contributed by atoms with Gasteiger partial charge in [-0.05, 0) is 38.5 Å². The predicted molar refractivity (Wildman–Crippen MR) is 87.7 cm³/mol. The predicted octanol–water partition coefficient (Wildman–Crippen LogP) is 2.33. The Balaban J connectivity index is 1.97. The van der Waals surface area contributed by atoms with Crippen molar-refractivity contribution in [2.45, 2.75) is 20.8 Å². The van der Waals surface area contributed by atoms with Crippen LogP contribution in [0.25, 0.3) is 22.6 Å². The summed E-state index contributed by atoms with van der Waals surface area (Å²) in [7, 11) is 0. The second-order valence-electron chi connectivity index (χ2n) is 5.74. The first-order chi connectivity index (χ1) is 11.0. The lowest BCUT2D eigenvalue weighted by Crippen LogP contribution is -2.14. The zero-order valence-electron chi connectivity index (χ0n) is 13.1. The summed E-state index contributed by atoms with van der Waals surface area (Å²) in [5, 5.41) is 4.54. The van der Waals surface area contributed by atoms with Crippen LogP contribution in [0.2, 0.25) is 0 Å². The molecule has 23 heavy (non-hydrogen) atoms. The number of aryl methyl sites for hydroxylation is 3. The summed E-state index contributed by atoms with van der Waals surface area (Å²) >= 11 is 0. The lowest BCUT2D eigenvalue weighted by Gasteiger charge is -2.02. The molecule has 4 aromatic rings. The molecule has 0 aliphatic heterocycles. The Hall–Kier alpha value is -3.02. The minimum atomic E-state index is -0.114. The van der Waals surface area contributed by atoms with Crippen LogP contribution in [0.1, 0.15) is 17.0 Å². The Bertz CT molecular complexity index is 1120. The van der Waals surface area contributed by atoms with E-state index >= 15 is 0 Å². The number of aromatic nitrogens is 5.